The minimum absolute atomic E-state index is 0.0432. The van der Waals surface area contributed by atoms with E-state index in [4.69, 9.17) is 19.3 Å². The molecule has 7 heteroatoms. The van der Waals surface area contributed by atoms with Gasteiger partial charge in [0.1, 0.15) is 0 Å². The number of nitrogens with two attached hydrogens (primary N) is 1. The van der Waals surface area contributed by atoms with Crippen LogP contribution in [-0.4, -0.2) is 54.3 Å². The average Bonchev–Trinajstić information content (AvgIpc) is 2.33. The molecule has 0 aromatic heterocycles. The van der Waals surface area contributed by atoms with Crippen molar-refractivity contribution in [3.05, 3.63) is 0 Å². The number of primary sulfonamides is 1. The highest BCUT2D eigenvalue weighted by Crippen LogP contribution is 2.08. The van der Waals surface area contributed by atoms with E-state index in [-0.39, 0.29) is 5.75 Å². The minimum Gasteiger partial charge on any atom is -0.382 e. The number of hydrogen-bond acceptors (Lipinski definition) is 5. The Morgan fingerprint density at radius 3 is 2.21 bits per heavy atom. The van der Waals surface area contributed by atoms with Crippen LogP contribution in [0.4, 0.5) is 0 Å². The Hall–Kier alpha value is -0.210. The van der Waals surface area contributed by atoms with Gasteiger partial charge in [-0.1, -0.05) is 6.92 Å². The molecule has 19 heavy (non-hydrogen) atoms. The lowest BCUT2D eigenvalue weighted by Crippen LogP contribution is -2.18. The van der Waals surface area contributed by atoms with Gasteiger partial charge in [-0.05, 0) is 25.2 Å². The smallest absolute Gasteiger partial charge is 0.209 e. The Balaban J connectivity index is 3.25. The molecule has 0 spiro atoms. The molecule has 0 saturated carbocycles. The van der Waals surface area contributed by atoms with E-state index in [1.807, 2.05) is 6.92 Å². The van der Waals surface area contributed by atoms with Crippen LogP contribution in [0.25, 0.3) is 0 Å². The molecule has 0 saturated heterocycles. The van der Waals surface area contributed by atoms with E-state index in [0.717, 1.165) is 12.8 Å². The van der Waals surface area contributed by atoms with E-state index in [9.17, 15) is 8.42 Å². The maximum atomic E-state index is 10.8. The van der Waals surface area contributed by atoms with Crippen LogP contribution in [0.3, 0.4) is 0 Å². The Kier molecular flexibility index (Phi) is 11.5. The lowest BCUT2D eigenvalue weighted by atomic mass is 10.1. The highest BCUT2D eigenvalue weighted by atomic mass is 32.2. The molecule has 0 aliphatic rings. The van der Waals surface area contributed by atoms with Crippen LogP contribution in [0.15, 0.2) is 0 Å². The summed E-state index contributed by atoms with van der Waals surface area (Å²) in [5.74, 6) is 0.345. The molecule has 0 rings (SSSR count). The molecule has 0 aliphatic carbocycles. The third kappa shape index (κ3) is 15.7. The van der Waals surface area contributed by atoms with Crippen LogP contribution in [0.5, 0.6) is 0 Å². The summed E-state index contributed by atoms with van der Waals surface area (Å²) in [5.41, 5.74) is 0. The number of methoxy groups -OCH3 is 1. The lowest BCUT2D eigenvalue weighted by Gasteiger charge is -2.10. The molecule has 0 heterocycles. The molecule has 0 radical (unpaired) electrons. The van der Waals surface area contributed by atoms with Crippen LogP contribution in [0.2, 0.25) is 0 Å². The van der Waals surface area contributed by atoms with Crippen LogP contribution in [-0.2, 0) is 24.2 Å². The maximum absolute atomic E-state index is 10.8. The van der Waals surface area contributed by atoms with Gasteiger partial charge in [0.2, 0.25) is 10.0 Å². The standard InChI is InChI=1S/C12H27NO5S/c1-12(5-11-19(13,14)15)4-8-17-6-3-7-18-10-9-16-2/h12H,3-11H2,1-2H3,(H2,13,14,15). The molecule has 0 fully saturated rings. The van der Waals surface area contributed by atoms with Gasteiger partial charge in [-0.15, -0.1) is 0 Å². The van der Waals surface area contributed by atoms with Gasteiger partial charge in [-0.25, -0.2) is 13.6 Å². The van der Waals surface area contributed by atoms with E-state index >= 15 is 0 Å². The van der Waals surface area contributed by atoms with Crippen LogP contribution >= 0.6 is 0 Å². The fourth-order valence-corrected chi connectivity index (χ4v) is 2.13. The second-order valence-corrected chi connectivity index (χ2v) is 6.35. The molecule has 1 atom stereocenters. The zero-order chi connectivity index (χ0) is 14.6. The van der Waals surface area contributed by atoms with Gasteiger partial charge in [0.05, 0.1) is 19.0 Å². The summed E-state index contributed by atoms with van der Waals surface area (Å²) in [5, 5.41) is 4.95. The quantitative estimate of drug-likeness (QED) is 0.507. The maximum Gasteiger partial charge on any atom is 0.209 e. The fraction of sp³-hybridized carbons (Fsp3) is 1.00. The van der Waals surface area contributed by atoms with Crippen molar-refractivity contribution in [3.63, 3.8) is 0 Å². The summed E-state index contributed by atoms with van der Waals surface area (Å²) < 4.78 is 37.2. The Bertz CT molecular complexity index is 294. The minimum atomic E-state index is -3.34. The summed E-state index contributed by atoms with van der Waals surface area (Å²) in [7, 11) is -1.69. The summed E-state index contributed by atoms with van der Waals surface area (Å²) in [4.78, 5) is 0. The molecular weight excluding hydrogens is 270 g/mol. The molecule has 0 aromatic carbocycles. The van der Waals surface area contributed by atoms with Gasteiger partial charge in [-0.2, -0.15) is 0 Å². The molecule has 2 N–H and O–H groups in total. The third-order valence-electron chi connectivity index (χ3n) is 2.66. The van der Waals surface area contributed by atoms with Gasteiger partial charge < -0.3 is 14.2 Å². The summed E-state index contributed by atoms with van der Waals surface area (Å²) in [6.45, 7) is 5.20. The van der Waals surface area contributed by atoms with Crippen molar-refractivity contribution < 1.29 is 22.6 Å². The Labute approximate surface area is 116 Å². The van der Waals surface area contributed by atoms with Gasteiger partial charge >= 0.3 is 0 Å². The molecule has 6 nitrogen and oxygen atoms in total. The van der Waals surface area contributed by atoms with Crippen molar-refractivity contribution in [3.8, 4) is 0 Å². The topological polar surface area (TPSA) is 87.8 Å². The van der Waals surface area contributed by atoms with Crippen LogP contribution in [0.1, 0.15) is 26.2 Å². The van der Waals surface area contributed by atoms with E-state index in [1.54, 1.807) is 7.11 Å². The first-order chi connectivity index (χ1) is 8.95. The van der Waals surface area contributed by atoms with Gasteiger partial charge in [0, 0.05) is 26.9 Å². The first kappa shape index (κ1) is 18.8. The zero-order valence-corrected chi connectivity index (χ0v) is 12.8. The van der Waals surface area contributed by atoms with Gasteiger partial charge in [0.15, 0.2) is 0 Å². The summed E-state index contributed by atoms with van der Waals surface area (Å²) >= 11 is 0. The SMILES string of the molecule is COCCOCCCOCCC(C)CCS(N)(=O)=O. The van der Waals surface area contributed by atoms with Crippen molar-refractivity contribution in [1.29, 1.82) is 0 Å². The zero-order valence-electron chi connectivity index (χ0n) is 12.0. The highest BCUT2D eigenvalue weighted by molar-refractivity contribution is 7.89. The highest BCUT2D eigenvalue weighted by Gasteiger charge is 2.07. The summed E-state index contributed by atoms with van der Waals surface area (Å²) in [6.07, 6.45) is 2.29. The number of hydrogen-bond donors (Lipinski definition) is 1. The number of ether oxygens (including phenoxy) is 3. The average molecular weight is 297 g/mol. The Morgan fingerprint density at radius 2 is 1.63 bits per heavy atom. The Morgan fingerprint density at radius 1 is 1.00 bits per heavy atom. The van der Waals surface area contributed by atoms with Crippen LogP contribution in [0, 0.1) is 5.92 Å². The molecule has 0 amide bonds. The molecule has 1 unspecified atom stereocenters. The molecule has 0 bridgehead atoms. The monoisotopic (exact) mass is 297 g/mol. The van der Waals surface area contributed by atoms with Crippen LogP contribution < -0.4 is 5.14 Å². The van der Waals surface area contributed by atoms with E-state index < -0.39 is 10.0 Å². The van der Waals surface area contributed by atoms with Gasteiger partial charge in [0.25, 0.3) is 0 Å². The van der Waals surface area contributed by atoms with E-state index in [2.05, 4.69) is 0 Å². The molecule has 0 aliphatic heterocycles. The third-order valence-corrected chi connectivity index (χ3v) is 3.46. The van der Waals surface area contributed by atoms with Crippen molar-refractivity contribution in [2.45, 2.75) is 26.2 Å². The van der Waals surface area contributed by atoms with Gasteiger partial charge in [-0.3, -0.25) is 0 Å². The van der Waals surface area contributed by atoms with E-state index in [0.29, 0.717) is 45.4 Å². The largest absolute Gasteiger partial charge is 0.382 e. The lowest BCUT2D eigenvalue weighted by molar-refractivity contribution is 0.0495. The first-order valence-corrected chi connectivity index (χ1v) is 8.32. The van der Waals surface area contributed by atoms with E-state index in [1.165, 1.54) is 0 Å². The first-order valence-electron chi connectivity index (χ1n) is 6.60. The number of sulfonamides is 1. The van der Waals surface area contributed by atoms with Crippen molar-refractivity contribution in [2.24, 2.45) is 11.1 Å². The summed E-state index contributed by atoms with van der Waals surface area (Å²) in [6, 6.07) is 0. The second kappa shape index (κ2) is 11.6. The second-order valence-electron chi connectivity index (χ2n) is 4.62. The van der Waals surface area contributed by atoms with Crippen molar-refractivity contribution in [2.75, 3.05) is 45.9 Å². The normalized spacial score (nSPS) is 13.6. The number of rotatable bonds is 13. The molecule has 0 aromatic rings. The predicted molar refractivity (Wildman–Crippen MR) is 74.5 cm³/mol. The fourth-order valence-electron chi connectivity index (χ4n) is 1.40. The molecule has 116 valence electrons. The molecular formula is C12H27NO5S. The van der Waals surface area contributed by atoms with Crippen molar-refractivity contribution in [1.82, 2.24) is 0 Å². The van der Waals surface area contributed by atoms with Crippen molar-refractivity contribution >= 4 is 10.0 Å². The predicted octanol–water partition coefficient (Wildman–Crippen LogP) is 0.761.